The molecule has 0 bridgehead atoms. The topological polar surface area (TPSA) is 218 Å². The number of nitrogens with zero attached hydrogens (tertiary/aromatic N) is 2. The van der Waals surface area contributed by atoms with Crippen LogP contribution in [-0.4, -0.2) is 211 Å². The summed E-state index contributed by atoms with van der Waals surface area (Å²) in [5.74, 6) is 0. The van der Waals surface area contributed by atoms with Crippen molar-refractivity contribution in [3.63, 3.8) is 0 Å². The number of rotatable bonds is 67. The lowest BCUT2D eigenvalue weighted by Gasteiger charge is -2.51. The average molecular weight is 1590 g/mol. The first kappa shape index (κ1) is 101. The van der Waals surface area contributed by atoms with Gasteiger partial charge in [0.15, 0.2) is 0 Å². The largest absolute Gasteiger partial charge is 1.00 e. The molecule has 3 N–H and O–H groups in total. The molecule has 0 amide bonds. The number of unbranched alkanes of at least 4 members (excludes halogenated alkanes) is 26. The van der Waals surface area contributed by atoms with Crippen LogP contribution in [0.25, 0.3) is 0 Å². The summed E-state index contributed by atoms with van der Waals surface area (Å²) in [6.07, 6.45) is 41.1. The monoisotopic (exact) mass is 1590 g/mol. The van der Waals surface area contributed by atoms with Gasteiger partial charge < -0.3 is 121 Å². The fourth-order valence-electron chi connectivity index (χ4n) is 12.3. The van der Waals surface area contributed by atoms with Crippen LogP contribution in [0.2, 0.25) is 44.8 Å². The summed E-state index contributed by atoms with van der Waals surface area (Å²) in [6, 6.07) is 1.33. The Bertz CT molecular complexity index is 1930. The highest BCUT2D eigenvalue weighted by Gasteiger charge is 2.70. The Labute approximate surface area is 616 Å². The summed E-state index contributed by atoms with van der Waals surface area (Å²) in [7, 11) is -23.1. The summed E-state index contributed by atoms with van der Waals surface area (Å²) < 4.78 is 109. The maximum absolute atomic E-state index is 12.3. The minimum absolute atomic E-state index is 0. The molecule has 0 saturated carbocycles. The minimum Gasteiger partial charge on any atom is -1.00 e. The highest BCUT2D eigenvalue weighted by molar-refractivity contribution is 6.94. The van der Waals surface area contributed by atoms with Gasteiger partial charge in [-0.05, 0) is 74.1 Å². The Kier molecular flexibility index (Phi) is 54.6. The van der Waals surface area contributed by atoms with Crippen LogP contribution in [0.5, 0.6) is 0 Å². The molecular formula is C64H150Cl2N2O20Si9. The molecule has 0 spiro atoms. The van der Waals surface area contributed by atoms with Gasteiger partial charge in [-0.25, -0.2) is 0 Å². The standard InChI is InChI=1S/C64H150N2O20Si9.2ClH/c1-22-29-31-33-35-37-39-41-43-45-47-49-51-53-57-63(8)65(10,11)59-55-61-92(68,72-16)85-94(74-25-4,75-26-5)84-89(19,71-15)80-91(21)81-90(20,82-91)79-87(17,67)78-88(18,70-14)83-95(76-27-6,77-28-7)86-93(69,73-24-3)62-56-60-66(12,13)64(9)58-54-52-50-48-46-44-42-40-38-36-34-32-30-23-2;;/h63-64,67-69H,22-62H2,1-21H3;2*1H/q+2;;/p-2. The molecule has 97 heavy (non-hydrogen) atoms. The van der Waals surface area contributed by atoms with E-state index >= 15 is 0 Å². The van der Waals surface area contributed by atoms with Crippen molar-refractivity contribution in [3.05, 3.63) is 0 Å². The predicted molar refractivity (Wildman–Crippen MR) is 398 cm³/mol. The van der Waals surface area contributed by atoms with Gasteiger partial charge >= 0.3 is 79.7 Å². The third-order valence-electron chi connectivity index (χ3n) is 18.6. The molecule has 7 unspecified atom stereocenters. The van der Waals surface area contributed by atoms with Crippen LogP contribution in [0.3, 0.4) is 0 Å². The van der Waals surface area contributed by atoms with Gasteiger partial charge in [0.05, 0.1) is 53.4 Å². The molecule has 586 valence electrons. The summed E-state index contributed by atoms with van der Waals surface area (Å²) in [5.41, 5.74) is 0. The third kappa shape index (κ3) is 42.7. The van der Waals surface area contributed by atoms with Crippen molar-refractivity contribution in [2.24, 2.45) is 0 Å². The van der Waals surface area contributed by atoms with Gasteiger partial charge in [-0.3, -0.25) is 0 Å². The Hall–Kier alpha value is 1.65. The second-order valence-electron chi connectivity index (χ2n) is 28.1. The molecule has 0 aromatic rings. The van der Waals surface area contributed by atoms with Gasteiger partial charge in [-0.15, -0.1) is 0 Å². The molecule has 0 radical (unpaired) electrons. The molecule has 1 heterocycles. The van der Waals surface area contributed by atoms with Gasteiger partial charge in [0.2, 0.25) is 0 Å². The fraction of sp³-hybridized carbons (Fsp3) is 1.00. The molecule has 0 aliphatic carbocycles. The van der Waals surface area contributed by atoms with Gasteiger partial charge in [-0.2, -0.15) is 0 Å². The molecule has 7 atom stereocenters. The molecule has 1 saturated heterocycles. The van der Waals surface area contributed by atoms with E-state index in [1.807, 2.05) is 0 Å². The van der Waals surface area contributed by atoms with Crippen molar-refractivity contribution in [2.45, 2.75) is 325 Å². The zero-order valence-electron chi connectivity index (χ0n) is 65.6. The predicted octanol–water partition coefficient (Wildman–Crippen LogP) is 9.30. The lowest BCUT2D eigenvalue weighted by atomic mass is 10.0. The van der Waals surface area contributed by atoms with E-state index in [0.717, 1.165) is 34.9 Å². The molecule has 33 heteroatoms. The summed E-state index contributed by atoms with van der Waals surface area (Å²) in [4.78, 5) is 36.5. The van der Waals surface area contributed by atoms with E-state index in [0.29, 0.717) is 24.9 Å². The van der Waals surface area contributed by atoms with Crippen molar-refractivity contribution in [1.82, 2.24) is 0 Å². The van der Waals surface area contributed by atoms with E-state index in [9.17, 15) is 14.4 Å². The van der Waals surface area contributed by atoms with Gasteiger partial charge in [0.25, 0.3) is 0 Å². The minimum atomic E-state index is -4.37. The smallest absolute Gasteiger partial charge is 0.664 e. The second-order valence-corrected chi connectivity index (χ2v) is 52.7. The quantitative estimate of drug-likeness (QED) is 0.0294. The lowest BCUT2D eigenvalue weighted by molar-refractivity contribution is -0.913. The van der Waals surface area contributed by atoms with Gasteiger partial charge in [0.1, 0.15) is 0 Å². The van der Waals surface area contributed by atoms with Crippen LogP contribution in [0.1, 0.15) is 268 Å². The van der Waals surface area contributed by atoms with Crippen LogP contribution >= 0.6 is 0 Å². The van der Waals surface area contributed by atoms with Crippen LogP contribution in [0.4, 0.5) is 0 Å². The maximum Gasteiger partial charge on any atom is 0.664 e. The van der Waals surface area contributed by atoms with E-state index in [1.165, 1.54) is 208 Å². The number of quaternary nitrogens is 2. The van der Waals surface area contributed by atoms with Gasteiger partial charge in [0, 0.05) is 112 Å². The van der Waals surface area contributed by atoms with E-state index in [2.05, 4.69) is 55.9 Å². The third-order valence-corrected chi connectivity index (χ3v) is 50.4. The Balaban J connectivity index is 0. The molecular weight excluding hydrogens is 1440 g/mol. The fourth-order valence-corrected chi connectivity index (χ4v) is 45.8. The van der Waals surface area contributed by atoms with E-state index in [1.54, 1.807) is 60.8 Å². The van der Waals surface area contributed by atoms with Crippen LogP contribution in [0.15, 0.2) is 0 Å². The summed E-state index contributed by atoms with van der Waals surface area (Å²) in [5, 5.41) is 0. The molecule has 1 aliphatic rings. The normalized spacial score (nSPS) is 20.2. The van der Waals surface area contributed by atoms with Crippen LogP contribution in [-0.2, 0) is 72.4 Å². The molecule has 1 fully saturated rings. The van der Waals surface area contributed by atoms with Gasteiger partial charge in [-0.1, -0.05) is 181 Å². The van der Waals surface area contributed by atoms with Crippen molar-refractivity contribution in [2.75, 3.05) is 95.6 Å². The molecule has 0 aromatic heterocycles. The van der Waals surface area contributed by atoms with E-state index < -0.39 is 79.7 Å². The summed E-state index contributed by atoms with van der Waals surface area (Å²) in [6.45, 7) is 28.2. The molecule has 1 aliphatic heterocycles. The number of halogens is 2. The molecule has 22 nitrogen and oxygen atoms in total. The van der Waals surface area contributed by atoms with E-state index in [4.69, 9.17) is 72.4 Å². The lowest BCUT2D eigenvalue weighted by Crippen LogP contribution is -3.00. The van der Waals surface area contributed by atoms with Crippen molar-refractivity contribution < 1.29 is 121 Å². The first-order valence-electron chi connectivity index (χ1n) is 37.7. The SMILES string of the molecule is CCCCCCCCCCCCCCCCC(C)[N+](C)(C)CCC[Si](O)(OCC)O[Si](OCC)(OCC)O[Si](C)(OC)O[Si](C)(O)O[Si]1(C)O[Si](C)(O[Si](C)(OC)O[Si](OCC)(OCC)O[Si](O)(CCC[N+](C)(C)C(C)CCCCCCCCCCCCCCCC)OC)O1.[Cl-].[Cl-]. The Morgan fingerprint density at radius 2 is 0.649 bits per heavy atom. The first-order chi connectivity index (χ1) is 44.7. The van der Waals surface area contributed by atoms with Crippen LogP contribution in [0, 0.1) is 0 Å². The van der Waals surface area contributed by atoms with Crippen molar-refractivity contribution in [1.29, 1.82) is 0 Å². The number of hydrogen-bond acceptors (Lipinski definition) is 20. The zero-order valence-corrected chi connectivity index (χ0v) is 76.1. The highest BCUT2D eigenvalue weighted by atomic mass is 35.5. The Morgan fingerprint density at radius 1 is 0.361 bits per heavy atom. The maximum atomic E-state index is 12.3. The van der Waals surface area contributed by atoms with Crippen molar-refractivity contribution >= 4 is 79.7 Å². The van der Waals surface area contributed by atoms with Crippen LogP contribution < -0.4 is 24.8 Å². The Morgan fingerprint density at radius 3 is 0.959 bits per heavy atom. The zero-order chi connectivity index (χ0) is 71.7. The molecule has 0 aromatic carbocycles. The average Bonchev–Trinajstić information content (AvgIpc) is 0.744. The second kappa shape index (κ2) is 52.6. The summed E-state index contributed by atoms with van der Waals surface area (Å²) >= 11 is 0. The first-order valence-corrected chi connectivity index (χ1v) is 56.1. The highest BCUT2D eigenvalue weighted by Crippen LogP contribution is 2.39. The van der Waals surface area contributed by atoms with E-state index in [-0.39, 0.29) is 69.9 Å². The molecule has 1 rings (SSSR count). The number of hydrogen-bond donors (Lipinski definition) is 3. The van der Waals surface area contributed by atoms with Crippen molar-refractivity contribution in [3.8, 4) is 0 Å².